The van der Waals surface area contributed by atoms with Crippen molar-refractivity contribution in [2.24, 2.45) is 0 Å². The smallest absolute Gasteiger partial charge is 0.182 e. The Morgan fingerprint density at radius 2 is 1.60 bits per heavy atom. The van der Waals surface area contributed by atoms with Crippen molar-refractivity contribution in [1.82, 2.24) is 9.88 Å². The Labute approximate surface area is 155 Å². The highest BCUT2D eigenvalue weighted by atomic mass is 35.5. The van der Waals surface area contributed by atoms with Crippen LogP contribution < -0.4 is 0 Å². The Morgan fingerprint density at radius 3 is 2.28 bits per heavy atom. The van der Waals surface area contributed by atoms with Crippen LogP contribution in [-0.2, 0) is 22.0 Å². The molecule has 1 heterocycles. The Morgan fingerprint density at radius 1 is 0.960 bits per heavy atom. The van der Waals surface area contributed by atoms with E-state index in [1.807, 2.05) is 44.4 Å². The van der Waals surface area contributed by atoms with Crippen LogP contribution in [0.3, 0.4) is 0 Å². The number of H-pyrrole nitrogens is 1. The number of aromatic nitrogens is 1. The molecule has 0 unspecified atom stereocenters. The van der Waals surface area contributed by atoms with Crippen molar-refractivity contribution in [1.29, 1.82) is 0 Å². The number of hydrogen-bond donors (Lipinski definition) is 1. The van der Waals surface area contributed by atoms with E-state index < -0.39 is 9.84 Å². The summed E-state index contributed by atoms with van der Waals surface area (Å²) in [5, 5.41) is 0.991. The molecule has 0 saturated carbocycles. The van der Waals surface area contributed by atoms with Gasteiger partial charge in [-0.05, 0) is 37.9 Å². The molecule has 0 radical (unpaired) electrons. The van der Waals surface area contributed by atoms with Crippen LogP contribution in [0.5, 0.6) is 0 Å². The minimum atomic E-state index is -3.37. The van der Waals surface area contributed by atoms with Gasteiger partial charge in [0, 0.05) is 29.6 Å². The molecule has 0 amide bonds. The number of nitrogens with one attached hydrogen (secondary N) is 1. The normalized spacial score (nSPS) is 11.6. The molecule has 0 bridgehead atoms. The summed E-state index contributed by atoms with van der Waals surface area (Å²) >= 11 is 0. The number of benzene rings is 2. The van der Waals surface area contributed by atoms with Crippen LogP contribution >= 0.6 is 12.4 Å². The van der Waals surface area contributed by atoms with Crippen LogP contribution in [0.25, 0.3) is 10.9 Å². The van der Waals surface area contributed by atoms with E-state index in [2.05, 4.69) is 9.88 Å². The van der Waals surface area contributed by atoms with E-state index in [0.717, 1.165) is 35.1 Å². The summed E-state index contributed by atoms with van der Waals surface area (Å²) in [5.74, 6) is 0.0176. The van der Waals surface area contributed by atoms with Crippen LogP contribution in [-0.4, -0.2) is 38.9 Å². The molecule has 3 aromatic rings. The Hall–Kier alpha value is -1.82. The first-order valence-electron chi connectivity index (χ1n) is 7.98. The molecule has 3 rings (SSSR count). The molecule has 6 heteroatoms. The monoisotopic (exact) mass is 378 g/mol. The SMILES string of the molecule is CN(C)CCc1[nH]c2ccccc2c1CS(=O)(=O)c1ccccc1.Cl. The number of nitrogens with zero attached hydrogens (tertiary/aromatic N) is 1. The highest BCUT2D eigenvalue weighted by molar-refractivity contribution is 7.90. The predicted octanol–water partition coefficient (Wildman–Crippen LogP) is 3.67. The number of likely N-dealkylation sites (N-methyl/N-ethyl adjacent to an activating group) is 1. The maximum Gasteiger partial charge on any atom is 0.182 e. The maximum absolute atomic E-state index is 12.8. The minimum absolute atomic E-state index is 0. The second kappa shape index (κ2) is 8.04. The molecule has 0 aliphatic heterocycles. The zero-order valence-corrected chi connectivity index (χ0v) is 16.0. The van der Waals surface area contributed by atoms with E-state index in [1.165, 1.54) is 0 Å². The third-order valence-electron chi connectivity index (χ3n) is 4.15. The number of aromatic amines is 1. The number of fused-ring (bicyclic) bond motifs is 1. The fraction of sp³-hybridized carbons (Fsp3) is 0.263. The summed E-state index contributed by atoms with van der Waals surface area (Å²) in [4.78, 5) is 5.87. The number of halogens is 1. The van der Waals surface area contributed by atoms with Crippen LogP contribution in [0.4, 0.5) is 0 Å². The lowest BCUT2D eigenvalue weighted by atomic mass is 10.1. The molecular formula is C19H23ClN2O2S. The lowest BCUT2D eigenvalue weighted by Gasteiger charge is -2.10. The highest BCUT2D eigenvalue weighted by Crippen LogP contribution is 2.27. The molecule has 0 spiro atoms. The predicted molar refractivity (Wildman–Crippen MR) is 105 cm³/mol. The highest BCUT2D eigenvalue weighted by Gasteiger charge is 2.20. The topological polar surface area (TPSA) is 53.2 Å². The van der Waals surface area contributed by atoms with E-state index in [9.17, 15) is 8.42 Å². The van der Waals surface area contributed by atoms with E-state index in [-0.39, 0.29) is 18.2 Å². The molecule has 0 fully saturated rings. The summed E-state index contributed by atoms with van der Waals surface area (Å²) in [6, 6.07) is 16.5. The van der Waals surface area contributed by atoms with Crippen LogP contribution in [0.2, 0.25) is 0 Å². The zero-order chi connectivity index (χ0) is 17.2. The van der Waals surface area contributed by atoms with Gasteiger partial charge < -0.3 is 9.88 Å². The number of rotatable bonds is 6. The second-order valence-electron chi connectivity index (χ2n) is 6.25. The number of para-hydroxylation sites is 1. The van der Waals surface area contributed by atoms with Gasteiger partial charge in [-0.25, -0.2) is 8.42 Å². The van der Waals surface area contributed by atoms with Crippen molar-refractivity contribution < 1.29 is 8.42 Å². The molecular weight excluding hydrogens is 356 g/mol. The van der Waals surface area contributed by atoms with Gasteiger partial charge in [0.1, 0.15) is 0 Å². The van der Waals surface area contributed by atoms with Gasteiger partial charge >= 0.3 is 0 Å². The van der Waals surface area contributed by atoms with Gasteiger partial charge in [-0.15, -0.1) is 12.4 Å². The first-order valence-corrected chi connectivity index (χ1v) is 9.63. The van der Waals surface area contributed by atoms with Crippen LogP contribution in [0.1, 0.15) is 11.3 Å². The van der Waals surface area contributed by atoms with Crippen molar-refractivity contribution in [3.05, 3.63) is 65.9 Å². The van der Waals surface area contributed by atoms with Gasteiger partial charge in [0.05, 0.1) is 10.6 Å². The fourth-order valence-corrected chi connectivity index (χ4v) is 4.32. The number of sulfone groups is 1. The van der Waals surface area contributed by atoms with Crippen molar-refractivity contribution in [2.75, 3.05) is 20.6 Å². The summed E-state index contributed by atoms with van der Waals surface area (Å²) < 4.78 is 25.6. The molecule has 25 heavy (non-hydrogen) atoms. The van der Waals surface area contributed by atoms with E-state index in [4.69, 9.17) is 0 Å². The van der Waals surface area contributed by atoms with Crippen LogP contribution in [0, 0.1) is 0 Å². The molecule has 0 aliphatic rings. The average Bonchev–Trinajstić information content (AvgIpc) is 2.91. The van der Waals surface area contributed by atoms with Crippen molar-refractivity contribution in [2.45, 2.75) is 17.1 Å². The zero-order valence-electron chi connectivity index (χ0n) is 14.4. The van der Waals surface area contributed by atoms with Gasteiger partial charge in [-0.2, -0.15) is 0 Å². The molecule has 134 valence electrons. The van der Waals surface area contributed by atoms with E-state index in [1.54, 1.807) is 24.3 Å². The number of hydrogen-bond acceptors (Lipinski definition) is 3. The van der Waals surface area contributed by atoms with E-state index >= 15 is 0 Å². The fourth-order valence-electron chi connectivity index (χ4n) is 2.87. The quantitative estimate of drug-likeness (QED) is 0.712. The summed E-state index contributed by atoms with van der Waals surface area (Å²) in [6.45, 7) is 0.866. The maximum atomic E-state index is 12.8. The molecule has 0 atom stereocenters. The summed E-state index contributed by atoms with van der Waals surface area (Å²) in [5.41, 5.74) is 2.88. The van der Waals surface area contributed by atoms with Crippen LogP contribution in [0.15, 0.2) is 59.5 Å². The minimum Gasteiger partial charge on any atom is -0.358 e. The first kappa shape index (κ1) is 19.5. The lowest BCUT2D eigenvalue weighted by Crippen LogP contribution is -2.16. The third kappa shape index (κ3) is 4.42. The van der Waals surface area contributed by atoms with Gasteiger partial charge in [0.2, 0.25) is 0 Å². The molecule has 1 N–H and O–H groups in total. The molecule has 2 aromatic carbocycles. The summed E-state index contributed by atoms with van der Waals surface area (Å²) in [6.07, 6.45) is 0.793. The third-order valence-corrected chi connectivity index (χ3v) is 5.81. The summed E-state index contributed by atoms with van der Waals surface area (Å²) in [7, 11) is 0.664. The van der Waals surface area contributed by atoms with Crippen molar-refractivity contribution in [3.8, 4) is 0 Å². The second-order valence-corrected chi connectivity index (χ2v) is 8.24. The van der Waals surface area contributed by atoms with Gasteiger partial charge in [-0.1, -0.05) is 36.4 Å². The Bertz CT molecular complexity index is 934. The van der Waals surface area contributed by atoms with Gasteiger partial charge in [0.25, 0.3) is 0 Å². The average molecular weight is 379 g/mol. The first-order chi connectivity index (χ1) is 11.5. The van der Waals surface area contributed by atoms with Crippen molar-refractivity contribution in [3.63, 3.8) is 0 Å². The van der Waals surface area contributed by atoms with Gasteiger partial charge in [-0.3, -0.25) is 0 Å². The Balaban J connectivity index is 0.00000225. The molecule has 0 saturated heterocycles. The van der Waals surface area contributed by atoms with Crippen molar-refractivity contribution >= 4 is 33.1 Å². The van der Waals surface area contributed by atoms with Gasteiger partial charge in [0.15, 0.2) is 9.84 Å². The molecule has 0 aliphatic carbocycles. The standard InChI is InChI=1S/C19H22N2O2S.ClH/c1-21(2)13-12-19-17(16-10-6-7-11-18(16)20-19)14-24(22,23)15-8-4-3-5-9-15;/h3-11,20H,12-14H2,1-2H3;1H. The van der Waals surface area contributed by atoms with E-state index in [0.29, 0.717) is 4.90 Å². The lowest BCUT2D eigenvalue weighted by molar-refractivity contribution is 0.412. The largest absolute Gasteiger partial charge is 0.358 e. The Kier molecular flexibility index (Phi) is 6.27. The molecule has 4 nitrogen and oxygen atoms in total. The molecule has 1 aromatic heterocycles.